The molecule has 0 aliphatic rings. The van der Waals surface area contributed by atoms with Gasteiger partial charge in [-0.3, -0.25) is 0 Å². The van der Waals surface area contributed by atoms with Gasteiger partial charge in [0.05, 0.1) is 0 Å². The lowest BCUT2D eigenvalue weighted by molar-refractivity contribution is 0.268. The Morgan fingerprint density at radius 2 is 1.81 bits per heavy atom. The van der Waals surface area contributed by atoms with Gasteiger partial charge in [-0.05, 0) is 67.4 Å². The first kappa shape index (κ1) is 17.0. The van der Waals surface area contributed by atoms with Crippen LogP contribution in [0, 0.1) is 19.7 Å². The van der Waals surface area contributed by atoms with E-state index in [-0.39, 0.29) is 11.7 Å². The zero-order chi connectivity index (χ0) is 18.8. The summed E-state index contributed by atoms with van der Waals surface area (Å²) in [6.07, 6.45) is 0. The molecule has 0 saturated carbocycles. The average molecular weight is 364 g/mol. The van der Waals surface area contributed by atoms with Gasteiger partial charge in [0.1, 0.15) is 23.9 Å². The van der Waals surface area contributed by atoms with E-state index in [2.05, 4.69) is 10.1 Å². The van der Waals surface area contributed by atoms with Gasteiger partial charge in [-0.25, -0.2) is 4.39 Å². The molecule has 0 saturated heterocycles. The molecule has 0 aliphatic carbocycles. The van der Waals surface area contributed by atoms with Gasteiger partial charge in [-0.1, -0.05) is 17.3 Å². The number of ether oxygens (including phenoxy) is 1. The minimum absolute atomic E-state index is 0.257. The van der Waals surface area contributed by atoms with Crippen LogP contribution >= 0.6 is 0 Å². The maximum atomic E-state index is 13.0. The van der Waals surface area contributed by atoms with E-state index >= 15 is 0 Å². The third kappa shape index (κ3) is 3.74. The summed E-state index contributed by atoms with van der Waals surface area (Å²) in [5.74, 6) is 2.23. The Morgan fingerprint density at radius 1 is 1.00 bits per heavy atom. The minimum Gasteiger partial charge on any atom is -0.485 e. The van der Waals surface area contributed by atoms with Gasteiger partial charge >= 0.3 is 0 Å². The molecular formula is C21H17FN2O3. The molecule has 0 spiro atoms. The zero-order valence-electron chi connectivity index (χ0n) is 14.9. The third-order valence-electron chi connectivity index (χ3n) is 4.11. The van der Waals surface area contributed by atoms with Gasteiger partial charge in [-0.15, -0.1) is 0 Å². The van der Waals surface area contributed by atoms with E-state index in [1.165, 1.54) is 12.1 Å². The number of halogens is 1. The Hall–Kier alpha value is -3.41. The van der Waals surface area contributed by atoms with Crippen molar-refractivity contribution in [1.29, 1.82) is 0 Å². The average Bonchev–Trinajstić information content (AvgIpc) is 3.32. The fourth-order valence-electron chi connectivity index (χ4n) is 2.62. The molecule has 27 heavy (non-hydrogen) atoms. The number of hydrogen-bond donors (Lipinski definition) is 0. The Bertz CT molecular complexity index is 1070. The monoisotopic (exact) mass is 364 g/mol. The summed E-state index contributed by atoms with van der Waals surface area (Å²) < 4.78 is 29.9. The number of rotatable bonds is 5. The number of nitrogens with zero attached hydrogens (tertiary/aromatic N) is 2. The van der Waals surface area contributed by atoms with Gasteiger partial charge < -0.3 is 13.7 Å². The summed E-state index contributed by atoms with van der Waals surface area (Å²) in [5.41, 5.74) is 2.86. The Labute approximate surface area is 155 Å². The number of aromatic nitrogens is 2. The smallest absolute Gasteiger partial charge is 0.293 e. The fourth-order valence-corrected chi connectivity index (χ4v) is 2.62. The van der Waals surface area contributed by atoms with Crippen molar-refractivity contribution in [3.05, 3.63) is 77.3 Å². The van der Waals surface area contributed by atoms with Crippen molar-refractivity contribution < 1.29 is 18.1 Å². The lowest BCUT2D eigenvalue weighted by atomic mass is 10.1. The highest BCUT2D eigenvalue weighted by Crippen LogP contribution is 2.26. The quantitative estimate of drug-likeness (QED) is 0.479. The molecule has 0 radical (unpaired) electrons. The molecule has 0 bridgehead atoms. The molecule has 4 rings (SSSR count). The standard InChI is InChI=1S/C21H17FN2O3/c1-13-3-4-14(2)19(11-13)25-12-17-9-10-18(26-17)21-23-20(24-27-21)15-5-7-16(22)8-6-15/h3-11H,12H2,1-2H3. The normalized spacial score (nSPS) is 10.9. The minimum atomic E-state index is -0.318. The van der Waals surface area contributed by atoms with Crippen molar-refractivity contribution in [2.24, 2.45) is 0 Å². The highest BCUT2D eigenvalue weighted by molar-refractivity contribution is 5.57. The predicted molar refractivity (Wildman–Crippen MR) is 97.6 cm³/mol. The summed E-state index contributed by atoms with van der Waals surface area (Å²) in [6, 6.07) is 15.5. The lowest BCUT2D eigenvalue weighted by Gasteiger charge is -2.08. The van der Waals surface area contributed by atoms with Crippen LogP contribution < -0.4 is 4.74 Å². The van der Waals surface area contributed by atoms with Crippen molar-refractivity contribution in [2.75, 3.05) is 0 Å². The maximum absolute atomic E-state index is 13.0. The number of hydrogen-bond acceptors (Lipinski definition) is 5. The molecule has 0 atom stereocenters. The molecule has 136 valence electrons. The first-order valence-corrected chi connectivity index (χ1v) is 8.47. The summed E-state index contributed by atoms with van der Waals surface area (Å²) in [5, 5.41) is 3.92. The van der Waals surface area contributed by atoms with Crippen molar-refractivity contribution >= 4 is 0 Å². The van der Waals surface area contributed by atoms with Crippen LogP contribution in [-0.2, 0) is 6.61 Å². The highest BCUT2D eigenvalue weighted by atomic mass is 19.1. The zero-order valence-corrected chi connectivity index (χ0v) is 14.9. The molecule has 2 aromatic heterocycles. The predicted octanol–water partition coefficient (Wildman–Crippen LogP) is 5.33. The molecule has 0 fully saturated rings. The van der Waals surface area contributed by atoms with Gasteiger partial charge in [0, 0.05) is 5.56 Å². The fraction of sp³-hybridized carbons (Fsp3) is 0.143. The summed E-state index contributed by atoms with van der Waals surface area (Å²) in [6.45, 7) is 4.31. The highest BCUT2D eigenvalue weighted by Gasteiger charge is 2.15. The van der Waals surface area contributed by atoms with E-state index in [1.54, 1.807) is 18.2 Å². The second-order valence-corrected chi connectivity index (χ2v) is 6.25. The van der Waals surface area contributed by atoms with Crippen molar-refractivity contribution in [3.63, 3.8) is 0 Å². The molecule has 0 amide bonds. The van der Waals surface area contributed by atoms with E-state index in [4.69, 9.17) is 13.7 Å². The number of furan rings is 1. The number of benzene rings is 2. The van der Waals surface area contributed by atoms with E-state index in [1.807, 2.05) is 38.1 Å². The molecule has 5 nitrogen and oxygen atoms in total. The van der Waals surface area contributed by atoms with Crippen LogP contribution in [0.3, 0.4) is 0 Å². The van der Waals surface area contributed by atoms with E-state index in [9.17, 15) is 4.39 Å². The van der Waals surface area contributed by atoms with Gasteiger partial charge in [0.2, 0.25) is 5.82 Å². The van der Waals surface area contributed by atoms with Crippen LogP contribution in [-0.4, -0.2) is 10.1 Å². The van der Waals surface area contributed by atoms with Crippen LogP contribution in [0.1, 0.15) is 16.9 Å². The Morgan fingerprint density at radius 3 is 2.63 bits per heavy atom. The van der Waals surface area contributed by atoms with Gasteiger partial charge in [-0.2, -0.15) is 4.98 Å². The summed E-state index contributed by atoms with van der Waals surface area (Å²) in [7, 11) is 0. The van der Waals surface area contributed by atoms with E-state index < -0.39 is 0 Å². The van der Waals surface area contributed by atoms with Crippen LogP contribution in [0.4, 0.5) is 4.39 Å². The van der Waals surface area contributed by atoms with Crippen LogP contribution in [0.15, 0.2) is 63.5 Å². The summed E-state index contributed by atoms with van der Waals surface area (Å²) in [4.78, 5) is 4.30. The molecule has 0 aliphatic heterocycles. The van der Waals surface area contributed by atoms with Crippen molar-refractivity contribution in [2.45, 2.75) is 20.5 Å². The van der Waals surface area contributed by atoms with Crippen LogP contribution in [0.2, 0.25) is 0 Å². The first-order valence-electron chi connectivity index (χ1n) is 8.47. The first-order chi connectivity index (χ1) is 13.1. The second-order valence-electron chi connectivity index (χ2n) is 6.25. The maximum Gasteiger partial charge on any atom is 0.293 e. The SMILES string of the molecule is Cc1ccc(C)c(OCc2ccc(-c3nc(-c4ccc(F)cc4)no3)o2)c1. The molecule has 6 heteroatoms. The molecule has 0 unspecified atom stereocenters. The van der Waals surface area contributed by atoms with Crippen LogP contribution in [0.5, 0.6) is 5.75 Å². The van der Waals surface area contributed by atoms with Gasteiger partial charge in [0.15, 0.2) is 5.76 Å². The Kier molecular flexibility index (Phi) is 4.46. The molecule has 0 N–H and O–H groups in total. The molecule has 4 aromatic rings. The molecule has 2 aromatic carbocycles. The summed E-state index contributed by atoms with van der Waals surface area (Å²) >= 11 is 0. The lowest BCUT2D eigenvalue weighted by Crippen LogP contribution is -1.96. The molecular weight excluding hydrogens is 347 g/mol. The van der Waals surface area contributed by atoms with Gasteiger partial charge in [0.25, 0.3) is 5.89 Å². The number of aryl methyl sites for hydroxylation is 2. The Balaban J connectivity index is 1.48. The van der Waals surface area contributed by atoms with E-state index in [0.29, 0.717) is 29.5 Å². The largest absolute Gasteiger partial charge is 0.485 e. The van der Waals surface area contributed by atoms with Crippen LogP contribution in [0.25, 0.3) is 23.0 Å². The third-order valence-corrected chi connectivity index (χ3v) is 4.11. The van der Waals surface area contributed by atoms with Crippen molar-refractivity contribution in [1.82, 2.24) is 10.1 Å². The van der Waals surface area contributed by atoms with Crippen molar-refractivity contribution in [3.8, 4) is 28.8 Å². The topological polar surface area (TPSA) is 61.3 Å². The van der Waals surface area contributed by atoms with E-state index in [0.717, 1.165) is 16.9 Å². The molecule has 2 heterocycles. The second kappa shape index (κ2) is 7.07.